The minimum absolute atomic E-state index is 0.227. The topological polar surface area (TPSA) is 20.2 Å². The molecule has 2 rings (SSSR count). The van der Waals surface area contributed by atoms with E-state index in [4.69, 9.17) is 11.6 Å². The van der Waals surface area contributed by atoms with Gasteiger partial charge in [0.2, 0.25) is 0 Å². The van der Waals surface area contributed by atoms with Gasteiger partial charge >= 0.3 is 0 Å². The standard InChI is InChI=1S/C8H4BrClOS/c9-4-1-6(11)8-5(10)3-12-7(8)2-4/h1-3,11H. The molecule has 0 bridgehead atoms. The van der Waals surface area contributed by atoms with E-state index in [1.54, 1.807) is 6.07 Å². The number of fused-ring (bicyclic) bond motifs is 1. The van der Waals surface area contributed by atoms with Crippen molar-refractivity contribution in [3.05, 3.63) is 27.0 Å². The van der Waals surface area contributed by atoms with Gasteiger partial charge in [-0.05, 0) is 12.1 Å². The summed E-state index contributed by atoms with van der Waals surface area (Å²) in [5, 5.41) is 12.7. The molecule has 0 radical (unpaired) electrons. The summed E-state index contributed by atoms with van der Waals surface area (Å²) in [6.45, 7) is 0. The lowest BCUT2D eigenvalue weighted by atomic mass is 10.2. The van der Waals surface area contributed by atoms with E-state index in [1.165, 1.54) is 11.3 Å². The highest BCUT2D eigenvalue weighted by atomic mass is 79.9. The highest BCUT2D eigenvalue weighted by Gasteiger charge is 2.07. The van der Waals surface area contributed by atoms with Crippen molar-refractivity contribution in [1.82, 2.24) is 0 Å². The van der Waals surface area contributed by atoms with E-state index in [1.807, 2.05) is 11.4 Å². The zero-order valence-electron chi connectivity index (χ0n) is 5.84. The molecule has 2 aromatic rings. The third-order valence-electron chi connectivity index (χ3n) is 1.57. The zero-order chi connectivity index (χ0) is 8.72. The molecule has 12 heavy (non-hydrogen) atoms. The second-order valence-electron chi connectivity index (χ2n) is 2.38. The molecule has 0 spiro atoms. The van der Waals surface area contributed by atoms with E-state index in [9.17, 15) is 5.11 Å². The first kappa shape index (κ1) is 8.35. The lowest BCUT2D eigenvalue weighted by Gasteiger charge is -1.96. The van der Waals surface area contributed by atoms with Crippen LogP contribution in [-0.2, 0) is 0 Å². The molecule has 0 aliphatic rings. The molecule has 62 valence electrons. The van der Waals surface area contributed by atoms with Crippen LogP contribution in [-0.4, -0.2) is 5.11 Å². The maximum absolute atomic E-state index is 9.51. The average molecular weight is 264 g/mol. The van der Waals surface area contributed by atoms with Gasteiger partial charge in [-0.15, -0.1) is 11.3 Å². The Morgan fingerprint density at radius 1 is 1.42 bits per heavy atom. The lowest BCUT2D eigenvalue weighted by Crippen LogP contribution is -1.68. The molecule has 0 fully saturated rings. The third kappa shape index (κ3) is 1.22. The molecule has 0 aliphatic heterocycles. The van der Waals surface area contributed by atoms with Crippen molar-refractivity contribution in [2.45, 2.75) is 0 Å². The first-order valence-corrected chi connectivity index (χ1v) is 5.29. The number of hydrogen-bond donors (Lipinski definition) is 1. The third-order valence-corrected chi connectivity index (χ3v) is 3.39. The van der Waals surface area contributed by atoms with E-state index in [-0.39, 0.29) is 5.75 Å². The summed E-state index contributed by atoms with van der Waals surface area (Å²) < 4.78 is 1.86. The van der Waals surface area contributed by atoms with Crippen LogP contribution in [0.15, 0.2) is 22.0 Å². The van der Waals surface area contributed by atoms with Crippen molar-refractivity contribution in [2.24, 2.45) is 0 Å². The quantitative estimate of drug-likeness (QED) is 0.761. The van der Waals surface area contributed by atoms with Crippen molar-refractivity contribution in [3.63, 3.8) is 0 Å². The predicted octanol–water partition coefficient (Wildman–Crippen LogP) is 4.02. The van der Waals surface area contributed by atoms with Gasteiger partial charge in [-0.1, -0.05) is 27.5 Å². The van der Waals surface area contributed by atoms with Gasteiger partial charge in [0, 0.05) is 14.6 Å². The van der Waals surface area contributed by atoms with E-state index in [2.05, 4.69) is 15.9 Å². The van der Waals surface area contributed by atoms with Crippen LogP contribution in [0.5, 0.6) is 5.75 Å². The van der Waals surface area contributed by atoms with E-state index in [0.29, 0.717) is 5.02 Å². The highest BCUT2D eigenvalue weighted by molar-refractivity contribution is 9.10. The second-order valence-corrected chi connectivity index (χ2v) is 4.62. The van der Waals surface area contributed by atoms with E-state index >= 15 is 0 Å². The van der Waals surface area contributed by atoms with Crippen LogP contribution in [0.25, 0.3) is 10.1 Å². The molecule has 1 heterocycles. The fraction of sp³-hybridized carbons (Fsp3) is 0. The molecular weight excluding hydrogens is 260 g/mol. The number of phenols is 1. The maximum atomic E-state index is 9.51. The van der Waals surface area contributed by atoms with Crippen molar-refractivity contribution < 1.29 is 5.11 Å². The summed E-state index contributed by atoms with van der Waals surface area (Å²) in [5.74, 6) is 0.227. The minimum atomic E-state index is 0.227. The van der Waals surface area contributed by atoms with Gasteiger partial charge in [0.15, 0.2) is 0 Å². The normalized spacial score (nSPS) is 10.8. The van der Waals surface area contributed by atoms with E-state index in [0.717, 1.165) is 14.6 Å². The fourth-order valence-electron chi connectivity index (χ4n) is 1.08. The Morgan fingerprint density at radius 3 is 2.92 bits per heavy atom. The van der Waals surface area contributed by atoms with Crippen LogP contribution in [0, 0.1) is 0 Å². The van der Waals surface area contributed by atoms with Gasteiger partial charge in [0.1, 0.15) is 5.75 Å². The Bertz CT molecular complexity index is 438. The van der Waals surface area contributed by atoms with Gasteiger partial charge in [-0.2, -0.15) is 0 Å². The van der Waals surface area contributed by atoms with Crippen LogP contribution in [0.1, 0.15) is 0 Å². The molecule has 0 aliphatic carbocycles. The van der Waals surface area contributed by atoms with Gasteiger partial charge in [0.05, 0.1) is 10.4 Å². The first-order valence-electron chi connectivity index (χ1n) is 3.23. The number of rotatable bonds is 0. The average Bonchev–Trinajstić information content (AvgIpc) is 2.31. The SMILES string of the molecule is Oc1cc(Br)cc2scc(Cl)c12. The van der Waals surface area contributed by atoms with Crippen molar-refractivity contribution >= 4 is 49.0 Å². The largest absolute Gasteiger partial charge is 0.507 e. The summed E-state index contributed by atoms with van der Waals surface area (Å²) in [5.41, 5.74) is 0. The summed E-state index contributed by atoms with van der Waals surface area (Å²) in [7, 11) is 0. The summed E-state index contributed by atoms with van der Waals surface area (Å²) >= 11 is 10.7. The number of thiophene rings is 1. The summed E-state index contributed by atoms with van der Waals surface area (Å²) in [4.78, 5) is 0. The Hall–Kier alpha value is -0.250. The van der Waals surface area contributed by atoms with Gasteiger partial charge in [-0.3, -0.25) is 0 Å². The van der Waals surface area contributed by atoms with Gasteiger partial charge in [-0.25, -0.2) is 0 Å². The monoisotopic (exact) mass is 262 g/mol. The number of hydrogen-bond acceptors (Lipinski definition) is 2. The Morgan fingerprint density at radius 2 is 2.17 bits per heavy atom. The molecule has 1 aromatic carbocycles. The fourth-order valence-corrected chi connectivity index (χ4v) is 2.94. The molecule has 0 amide bonds. The van der Waals surface area contributed by atoms with Crippen molar-refractivity contribution in [2.75, 3.05) is 0 Å². The molecule has 0 saturated carbocycles. The van der Waals surface area contributed by atoms with Crippen molar-refractivity contribution in [3.8, 4) is 5.75 Å². The number of phenolic OH excluding ortho intramolecular Hbond substituents is 1. The van der Waals surface area contributed by atoms with Crippen LogP contribution < -0.4 is 0 Å². The van der Waals surface area contributed by atoms with Crippen LogP contribution in [0.3, 0.4) is 0 Å². The summed E-state index contributed by atoms with van der Waals surface area (Å²) in [6.07, 6.45) is 0. The molecule has 0 atom stereocenters. The minimum Gasteiger partial charge on any atom is -0.507 e. The Kier molecular flexibility index (Phi) is 2.02. The number of aromatic hydroxyl groups is 1. The molecule has 4 heteroatoms. The Labute approximate surface area is 86.7 Å². The molecule has 0 saturated heterocycles. The Balaban J connectivity index is 2.93. The van der Waals surface area contributed by atoms with Crippen molar-refractivity contribution in [1.29, 1.82) is 0 Å². The smallest absolute Gasteiger partial charge is 0.126 e. The zero-order valence-corrected chi connectivity index (χ0v) is 9.00. The van der Waals surface area contributed by atoms with Crippen LogP contribution in [0.2, 0.25) is 5.02 Å². The van der Waals surface area contributed by atoms with Crippen LogP contribution >= 0.6 is 38.9 Å². The second kappa shape index (κ2) is 2.91. The van der Waals surface area contributed by atoms with Crippen LogP contribution in [0.4, 0.5) is 0 Å². The first-order chi connectivity index (χ1) is 5.68. The summed E-state index contributed by atoms with van der Waals surface area (Å²) in [6, 6.07) is 3.58. The maximum Gasteiger partial charge on any atom is 0.126 e. The number of benzene rings is 1. The number of halogens is 2. The van der Waals surface area contributed by atoms with Gasteiger partial charge in [0.25, 0.3) is 0 Å². The highest BCUT2D eigenvalue weighted by Crippen LogP contribution is 2.38. The molecule has 1 aromatic heterocycles. The van der Waals surface area contributed by atoms with E-state index < -0.39 is 0 Å². The molecular formula is C8H4BrClOS. The lowest BCUT2D eigenvalue weighted by molar-refractivity contribution is 0.481. The van der Waals surface area contributed by atoms with Gasteiger partial charge < -0.3 is 5.11 Å². The molecule has 0 unspecified atom stereocenters. The predicted molar refractivity (Wildman–Crippen MR) is 56.2 cm³/mol. The molecule has 1 N–H and O–H groups in total. The molecule has 1 nitrogen and oxygen atoms in total.